The number of carbonyl (C=O) groups is 2. The largest absolute Gasteiger partial charge is 0.496 e. The van der Waals surface area contributed by atoms with Crippen molar-refractivity contribution in [1.29, 1.82) is 0 Å². The number of ether oxygens (including phenoxy) is 2. The van der Waals surface area contributed by atoms with E-state index in [4.69, 9.17) is 9.47 Å². The predicted octanol–water partition coefficient (Wildman–Crippen LogP) is 9.32. The first-order valence-electron chi connectivity index (χ1n) is 14.6. The number of hydrogen-bond acceptors (Lipinski definition) is 4. The number of allylic oxidation sites excluding steroid dienone is 1. The number of methoxy groups -OCH3 is 1. The molecule has 1 unspecified atom stereocenters. The van der Waals surface area contributed by atoms with Gasteiger partial charge in [0.05, 0.1) is 29.8 Å². The summed E-state index contributed by atoms with van der Waals surface area (Å²) in [6, 6.07) is 10.8. The highest BCUT2D eigenvalue weighted by molar-refractivity contribution is 5.89. The second-order valence-electron chi connectivity index (χ2n) is 11.6. The summed E-state index contributed by atoms with van der Waals surface area (Å²) < 4.78 is 92.3. The Kier molecular flexibility index (Phi) is 8.85. The van der Waals surface area contributed by atoms with Crippen molar-refractivity contribution < 1.29 is 50.5 Å². The van der Waals surface area contributed by atoms with Gasteiger partial charge in [0.1, 0.15) is 11.9 Å². The molecule has 1 N–H and O–H groups in total. The number of nitrogens with zero attached hydrogens (tertiary/aromatic N) is 1. The maximum Gasteiger partial charge on any atom is 0.416 e. The molecule has 0 bridgehead atoms. The average Bonchev–Trinajstić information content (AvgIpc) is 3.28. The van der Waals surface area contributed by atoms with E-state index >= 15 is 0 Å². The van der Waals surface area contributed by atoms with E-state index in [9.17, 15) is 41.0 Å². The van der Waals surface area contributed by atoms with Crippen molar-refractivity contribution in [2.45, 2.75) is 64.0 Å². The van der Waals surface area contributed by atoms with E-state index < -0.39 is 47.7 Å². The third kappa shape index (κ3) is 6.56. The number of amides is 1. The predicted molar refractivity (Wildman–Crippen MR) is 157 cm³/mol. The molecular formula is C34H31F6NO5. The van der Waals surface area contributed by atoms with Gasteiger partial charge in [-0.15, -0.1) is 0 Å². The number of alkyl halides is 6. The van der Waals surface area contributed by atoms with Gasteiger partial charge in [0.15, 0.2) is 0 Å². The molecule has 1 saturated heterocycles. The molecule has 2 aliphatic rings. The first-order valence-corrected chi connectivity index (χ1v) is 14.6. The first-order chi connectivity index (χ1) is 21.6. The van der Waals surface area contributed by atoms with Crippen molar-refractivity contribution in [3.05, 3.63) is 93.6 Å². The number of hydrogen-bond donors (Lipinski definition) is 1. The quantitative estimate of drug-likeness (QED) is 0.259. The molecule has 1 aliphatic carbocycles. The summed E-state index contributed by atoms with van der Waals surface area (Å²) in [7, 11) is 1.53. The summed E-state index contributed by atoms with van der Waals surface area (Å²) in [5, 5.41) is 9.36. The van der Waals surface area contributed by atoms with Gasteiger partial charge in [-0.2, -0.15) is 26.3 Å². The van der Waals surface area contributed by atoms with E-state index in [1.807, 2.05) is 25.1 Å². The molecule has 46 heavy (non-hydrogen) atoms. The molecule has 1 fully saturated rings. The molecule has 6 nitrogen and oxygen atoms in total. The minimum absolute atomic E-state index is 0.0470. The number of aromatic carboxylic acids is 1. The fourth-order valence-electron chi connectivity index (χ4n) is 6.21. The maximum atomic E-state index is 13.5. The van der Waals surface area contributed by atoms with Gasteiger partial charge in [0, 0.05) is 12.1 Å². The van der Waals surface area contributed by atoms with Crippen LogP contribution in [-0.4, -0.2) is 41.8 Å². The molecule has 0 spiro atoms. The van der Waals surface area contributed by atoms with Crippen LogP contribution in [0.1, 0.15) is 76.9 Å². The third-order valence-corrected chi connectivity index (χ3v) is 8.58. The first kappa shape index (κ1) is 32.9. The average molecular weight is 648 g/mol. The zero-order valence-corrected chi connectivity index (χ0v) is 25.2. The fraction of sp³-hybridized carbons (Fsp3) is 0.353. The van der Waals surface area contributed by atoms with Crippen molar-refractivity contribution in [2.24, 2.45) is 0 Å². The van der Waals surface area contributed by atoms with E-state index in [1.165, 1.54) is 25.0 Å². The number of halogens is 6. The van der Waals surface area contributed by atoms with Gasteiger partial charge < -0.3 is 14.6 Å². The van der Waals surface area contributed by atoms with Crippen molar-refractivity contribution in [3.63, 3.8) is 0 Å². The molecule has 1 amide bonds. The van der Waals surface area contributed by atoms with Crippen LogP contribution in [-0.2, 0) is 17.1 Å². The highest BCUT2D eigenvalue weighted by Gasteiger charge is 2.43. The lowest BCUT2D eigenvalue weighted by atomic mass is 9.85. The number of rotatable bonds is 7. The van der Waals surface area contributed by atoms with Gasteiger partial charge in [-0.1, -0.05) is 12.1 Å². The molecule has 0 aromatic heterocycles. The molecule has 3 aromatic rings. The number of benzene rings is 3. The lowest BCUT2D eigenvalue weighted by molar-refractivity contribution is -0.143. The van der Waals surface area contributed by atoms with Crippen LogP contribution in [0.25, 0.3) is 16.7 Å². The molecule has 0 saturated carbocycles. The van der Waals surface area contributed by atoms with Crippen molar-refractivity contribution >= 4 is 17.6 Å². The summed E-state index contributed by atoms with van der Waals surface area (Å²) in [6.07, 6.45) is -9.32. The Morgan fingerprint density at radius 1 is 0.935 bits per heavy atom. The van der Waals surface area contributed by atoms with Crippen LogP contribution >= 0.6 is 0 Å². The molecule has 1 heterocycles. The molecule has 12 heteroatoms. The van der Waals surface area contributed by atoms with Crippen LogP contribution in [0.15, 0.2) is 60.2 Å². The number of cyclic esters (lactones) is 1. The van der Waals surface area contributed by atoms with E-state index in [1.54, 1.807) is 12.1 Å². The lowest BCUT2D eigenvalue weighted by Crippen LogP contribution is -2.34. The SMILES string of the molecule is COc1ccc(-c2ccc(C(=O)O)cc2C)cc1C1=C(CN2C(=O)O[C@H](c3cc(C(F)(F)F)cc(C(F)(F)F)c3)C2C)CCCC1. The molecule has 0 radical (unpaired) electrons. The lowest BCUT2D eigenvalue weighted by Gasteiger charge is -2.28. The smallest absolute Gasteiger partial charge is 0.416 e. The molecule has 5 rings (SSSR count). The standard InChI is InChI=1S/C34H31F6NO5/c1-18-12-21(31(42)43)8-10-26(18)20-9-11-29(45-3)28(15-20)27-7-5-4-6-22(27)17-41-19(2)30(46-32(41)44)23-13-24(33(35,36)37)16-25(14-23)34(38,39)40/h8-16,19,30H,4-7,17H2,1-3H3,(H,42,43)/t19?,30-/m0/s1. The summed E-state index contributed by atoms with van der Waals surface area (Å²) in [4.78, 5) is 25.9. The fourth-order valence-corrected chi connectivity index (χ4v) is 6.21. The molecule has 1 aliphatic heterocycles. The van der Waals surface area contributed by atoms with E-state index in [2.05, 4.69) is 0 Å². The number of carboxylic acids is 1. The van der Waals surface area contributed by atoms with E-state index in [-0.39, 0.29) is 23.7 Å². The second-order valence-corrected chi connectivity index (χ2v) is 11.6. The number of aryl methyl sites for hydroxylation is 1. The topological polar surface area (TPSA) is 76.1 Å². The molecular weight excluding hydrogens is 616 g/mol. The van der Waals surface area contributed by atoms with Gasteiger partial charge in [0.2, 0.25) is 0 Å². The highest BCUT2D eigenvalue weighted by Crippen LogP contribution is 2.43. The van der Waals surface area contributed by atoms with Crippen molar-refractivity contribution in [3.8, 4) is 16.9 Å². The van der Waals surface area contributed by atoms with Crippen molar-refractivity contribution in [1.82, 2.24) is 4.90 Å². The molecule has 3 aromatic carbocycles. The number of carboxylic acid groups (broad SMARTS) is 1. The van der Waals surface area contributed by atoms with Crippen LogP contribution < -0.4 is 4.74 Å². The Morgan fingerprint density at radius 2 is 1.59 bits per heavy atom. The third-order valence-electron chi connectivity index (χ3n) is 8.58. The highest BCUT2D eigenvalue weighted by atomic mass is 19.4. The Morgan fingerprint density at radius 3 is 2.17 bits per heavy atom. The van der Waals surface area contributed by atoms with Crippen LogP contribution in [0, 0.1) is 6.92 Å². The molecule has 244 valence electrons. The second kappa shape index (κ2) is 12.4. The van der Waals surface area contributed by atoms with Crippen LogP contribution in [0.4, 0.5) is 31.1 Å². The zero-order valence-electron chi connectivity index (χ0n) is 25.2. The number of carbonyl (C=O) groups excluding carboxylic acids is 1. The summed E-state index contributed by atoms with van der Waals surface area (Å²) >= 11 is 0. The normalized spacial score (nSPS) is 19.0. The monoisotopic (exact) mass is 647 g/mol. The van der Waals surface area contributed by atoms with Gasteiger partial charge in [-0.3, -0.25) is 4.90 Å². The van der Waals surface area contributed by atoms with Gasteiger partial charge in [0.25, 0.3) is 0 Å². The Hall–Kier alpha value is -4.48. The van der Waals surface area contributed by atoms with Gasteiger partial charge in [-0.25, -0.2) is 9.59 Å². The van der Waals surface area contributed by atoms with Crippen LogP contribution in [0.3, 0.4) is 0 Å². The minimum atomic E-state index is -5.03. The van der Waals surface area contributed by atoms with E-state index in [0.717, 1.165) is 46.2 Å². The van der Waals surface area contributed by atoms with Crippen LogP contribution in [0.2, 0.25) is 0 Å². The summed E-state index contributed by atoms with van der Waals surface area (Å²) in [6.45, 7) is 3.42. The van der Waals surface area contributed by atoms with Gasteiger partial charge in [-0.05, 0) is 115 Å². The Labute approximate surface area is 261 Å². The summed E-state index contributed by atoms with van der Waals surface area (Å²) in [5.41, 5.74) is 1.81. The Bertz CT molecular complexity index is 1680. The molecule has 2 atom stereocenters. The van der Waals surface area contributed by atoms with E-state index in [0.29, 0.717) is 30.7 Å². The van der Waals surface area contributed by atoms with Gasteiger partial charge >= 0.3 is 24.4 Å². The summed E-state index contributed by atoms with van der Waals surface area (Å²) in [5.74, 6) is -0.454. The maximum absolute atomic E-state index is 13.5. The van der Waals surface area contributed by atoms with Crippen LogP contribution in [0.5, 0.6) is 5.75 Å². The zero-order chi connectivity index (χ0) is 33.6. The van der Waals surface area contributed by atoms with Crippen molar-refractivity contribution in [2.75, 3.05) is 13.7 Å². The Balaban J connectivity index is 1.51. The minimum Gasteiger partial charge on any atom is -0.496 e.